The van der Waals surface area contributed by atoms with Gasteiger partial charge in [0.25, 0.3) is 0 Å². The molecule has 2 fully saturated rings. The second-order valence-corrected chi connectivity index (χ2v) is 13.9. The van der Waals surface area contributed by atoms with Crippen molar-refractivity contribution in [1.82, 2.24) is 0 Å². The third-order valence-electron chi connectivity index (χ3n) is 8.73. The van der Waals surface area contributed by atoms with Crippen LogP contribution in [0.2, 0.25) is 0 Å². The number of hydrogen-bond acceptors (Lipinski definition) is 3. The minimum atomic E-state index is -3.37. The average Bonchev–Trinajstić information content (AvgIpc) is 2.77. The zero-order valence-corrected chi connectivity index (χ0v) is 22.7. The van der Waals surface area contributed by atoms with Gasteiger partial charge in [-0.05, 0) is 61.5 Å². The van der Waals surface area contributed by atoms with Crippen molar-refractivity contribution in [2.75, 3.05) is 6.66 Å². The molecule has 4 heteroatoms. The van der Waals surface area contributed by atoms with E-state index in [2.05, 4.69) is 52.0 Å². The Morgan fingerprint density at radius 2 is 1.06 bits per heavy atom. The standard InChI is InChI=1S/C30H41O3P/c1-21-16-23-20-24-17-22(2)19-26(30(4)14-10-7-11-15-30)28(24)33-34(5,31)32-27(23)25(18-21)29(3)12-8-6-9-13-29/h16-19H,6-15,20H2,1-5H3. The van der Waals surface area contributed by atoms with Crippen LogP contribution in [0.4, 0.5) is 0 Å². The molecule has 2 aliphatic carbocycles. The topological polar surface area (TPSA) is 35.5 Å². The van der Waals surface area contributed by atoms with Gasteiger partial charge in [0, 0.05) is 17.5 Å². The second-order valence-electron chi connectivity index (χ2n) is 12.0. The normalized spacial score (nSPS) is 22.9. The Labute approximate surface area is 206 Å². The summed E-state index contributed by atoms with van der Waals surface area (Å²) < 4.78 is 26.8. The highest BCUT2D eigenvalue weighted by atomic mass is 31.2. The van der Waals surface area contributed by atoms with Gasteiger partial charge in [0.05, 0.1) is 6.66 Å². The molecule has 0 radical (unpaired) electrons. The van der Waals surface area contributed by atoms with E-state index in [4.69, 9.17) is 9.05 Å². The van der Waals surface area contributed by atoms with Crippen LogP contribution in [0.15, 0.2) is 24.3 Å². The first-order valence-electron chi connectivity index (χ1n) is 13.3. The molecular weight excluding hydrogens is 439 g/mol. The Hall–Kier alpha value is -1.73. The summed E-state index contributed by atoms with van der Waals surface area (Å²) in [6.07, 6.45) is 12.9. The van der Waals surface area contributed by atoms with Gasteiger partial charge in [0.1, 0.15) is 11.5 Å². The molecular formula is C30H41O3P. The average molecular weight is 481 g/mol. The smallest absolute Gasteiger partial charge is 0.416 e. The van der Waals surface area contributed by atoms with Crippen LogP contribution >= 0.6 is 7.60 Å². The third kappa shape index (κ3) is 4.46. The fraction of sp³-hybridized carbons (Fsp3) is 0.600. The van der Waals surface area contributed by atoms with E-state index in [1.165, 1.54) is 60.8 Å². The van der Waals surface area contributed by atoms with Crippen molar-refractivity contribution in [2.45, 2.75) is 109 Å². The molecule has 2 aromatic carbocycles. The molecule has 0 atom stereocenters. The fourth-order valence-corrected chi connectivity index (χ4v) is 7.96. The predicted molar refractivity (Wildman–Crippen MR) is 141 cm³/mol. The molecule has 3 aliphatic rings. The van der Waals surface area contributed by atoms with Crippen LogP contribution < -0.4 is 9.05 Å². The molecule has 0 unspecified atom stereocenters. The molecule has 1 heterocycles. The summed E-state index contributed by atoms with van der Waals surface area (Å²) in [5.41, 5.74) is 7.38. The maximum absolute atomic E-state index is 13.9. The molecule has 0 aromatic heterocycles. The van der Waals surface area contributed by atoms with E-state index in [-0.39, 0.29) is 10.8 Å². The number of rotatable bonds is 2. The highest BCUT2D eigenvalue weighted by Crippen LogP contribution is 2.56. The van der Waals surface area contributed by atoms with Gasteiger partial charge in [0.2, 0.25) is 0 Å². The quantitative estimate of drug-likeness (QED) is 0.403. The molecule has 0 amide bonds. The van der Waals surface area contributed by atoms with Gasteiger partial charge in [-0.2, -0.15) is 0 Å². The molecule has 2 saturated carbocycles. The molecule has 5 rings (SSSR count). The Bertz CT molecular complexity index is 1050. The zero-order chi connectivity index (χ0) is 24.1. The monoisotopic (exact) mass is 480 g/mol. The zero-order valence-electron chi connectivity index (χ0n) is 21.8. The Morgan fingerprint density at radius 3 is 1.44 bits per heavy atom. The summed E-state index contributed by atoms with van der Waals surface area (Å²) in [6, 6.07) is 9.03. The maximum atomic E-state index is 13.9. The molecule has 3 nitrogen and oxygen atoms in total. The van der Waals surface area contributed by atoms with Crippen LogP contribution in [-0.2, 0) is 21.8 Å². The first-order chi connectivity index (χ1) is 16.1. The highest BCUT2D eigenvalue weighted by molar-refractivity contribution is 7.53. The molecule has 0 N–H and O–H groups in total. The largest absolute Gasteiger partial charge is 0.427 e. The lowest BCUT2D eigenvalue weighted by molar-refractivity contribution is 0.302. The van der Waals surface area contributed by atoms with E-state index in [0.717, 1.165) is 54.7 Å². The minimum absolute atomic E-state index is 0.0592. The lowest BCUT2D eigenvalue weighted by Crippen LogP contribution is -2.28. The van der Waals surface area contributed by atoms with Gasteiger partial charge in [-0.1, -0.05) is 87.8 Å². The van der Waals surface area contributed by atoms with Crippen molar-refractivity contribution in [1.29, 1.82) is 0 Å². The van der Waals surface area contributed by atoms with Crippen molar-refractivity contribution in [3.63, 3.8) is 0 Å². The second kappa shape index (κ2) is 8.74. The van der Waals surface area contributed by atoms with Crippen molar-refractivity contribution in [3.05, 3.63) is 57.6 Å². The van der Waals surface area contributed by atoms with Crippen molar-refractivity contribution in [2.24, 2.45) is 0 Å². The summed E-state index contributed by atoms with van der Waals surface area (Å²) in [5.74, 6) is 1.64. The first-order valence-corrected chi connectivity index (χ1v) is 15.3. The number of benzene rings is 2. The lowest BCUT2D eigenvalue weighted by atomic mass is 9.69. The maximum Gasteiger partial charge on any atom is 0.427 e. The van der Waals surface area contributed by atoms with E-state index in [1.807, 2.05) is 0 Å². The molecule has 0 bridgehead atoms. The van der Waals surface area contributed by atoms with Gasteiger partial charge in [-0.15, -0.1) is 0 Å². The van der Waals surface area contributed by atoms with Crippen molar-refractivity contribution < 1.29 is 13.6 Å². The Kier molecular flexibility index (Phi) is 6.16. The third-order valence-corrected chi connectivity index (χ3v) is 9.76. The fourth-order valence-electron chi connectivity index (χ4n) is 6.83. The summed E-state index contributed by atoms with van der Waals surface area (Å²) in [5, 5.41) is 0. The van der Waals surface area contributed by atoms with Crippen LogP contribution in [0.25, 0.3) is 0 Å². The number of fused-ring (bicyclic) bond motifs is 2. The predicted octanol–water partition coefficient (Wildman–Crippen LogP) is 8.93. The number of hydrogen-bond donors (Lipinski definition) is 0. The van der Waals surface area contributed by atoms with Gasteiger partial charge >= 0.3 is 7.60 Å². The summed E-state index contributed by atoms with van der Waals surface area (Å²) in [6.45, 7) is 10.8. The molecule has 0 saturated heterocycles. The minimum Gasteiger partial charge on any atom is -0.416 e. The Balaban J connectivity index is 1.68. The highest BCUT2D eigenvalue weighted by Gasteiger charge is 2.39. The molecule has 184 valence electrons. The number of aryl methyl sites for hydroxylation is 2. The summed E-state index contributed by atoms with van der Waals surface area (Å²) >= 11 is 0. The molecule has 2 aromatic rings. The van der Waals surface area contributed by atoms with E-state index in [1.54, 1.807) is 6.66 Å². The van der Waals surface area contributed by atoms with Crippen LogP contribution in [0.3, 0.4) is 0 Å². The van der Waals surface area contributed by atoms with Crippen LogP contribution in [0, 0.1) is 13.8 Å². The molecule has 1 aliphatic heterocycles. The van der Waals surface area contributed by atoms with E-state index in [0.29, 0.717) is 0 Å². The van der Waals surface area contributed by atoms with Crippen molar-refractivity contribution in [3.8, 4) is 11.5 Å². The van der Waals surface area contributed by atoms with Gasteiger partial charge in [-0.25, -0.2) is 4.57 Å². The Morgan fingerprint density at radius 1 is 0.676 bits per heavy atom. The SMILES string of the molecule is Cc1cc2c(c(C3(C)CCCCC3)c1)OP(C)(=O)Oc1c(cc(C)cc1C1(C)CCCCC1)C2. The van der Waals surface area contributed by atoms with Crippen LogP contribution in [-0.4, -0.2) is 6.66 Å². The molecule has 0 spiro atoms. The van der Waals surface area contributed by atoms with Gasteiger partial charge in [-0.3, -0.25) is 0 Å². The summed E-state index contributed by atoms with van der Waals surface area (Å²) in [4.78, 5) is 0. The lowest BCUT2D eigenvalue weighted by Gasteiger charge is -2.39. The van der Waals surface area contributed by atoms with E-state index in [9.17, 15) is 4.57 Å². The van der Waals surface area contributed by atoms with E-state index >= 15 is 0 Å². The van der Waals surface area contributed by atoms with Gasteiger partial charge < -0.3 is 9.05 Å². The van der Waals surface area contributed by atoms with Gasteiger partial charge in [0.15, 0.2) is 0 Å². The molecule has 34 heavy (non-hydrogen) atoms. The van der Waals surface area contributed by atoms with E-state index < -0.39 is 7.60 Å². The first kappa shape index (κ1) is 24.0. The summed E-state index contributed by atoms with van der Waals surface area (Å²) in [7, 11) is -3.37. The van der Waals surface area contributed by atoms with Crippen molar-refractivity contribution >= 4 is 7.60 Å². The van der Waals surface area contributed by atoms with Crippen LogP contribution in [0.1, 0.15) is 111 Å². The van der Waals surface area contributed by atoms with Crippen LogP contribution in [0.5, 0.6) is 11.5 Å².